The van der Waals surface area contributed by atoms with Gasteiger partial charge in [-0.15, -0.1) is 0 Å². The Labute approximate surface area is 128 Å². The van der Waals surface area contributed by atoms with Crippen LogP contribution in [0.25, 0.3) is 0 Å². The van der Waals surface area contributed by atoms with E-state index in [2.05, 4.69) is 17.3 Å². The van der Waals surface area contributed by atoms with Gasteiger partial charge in [0.05, 0.1) is 5.56 Å². The number of alkyl halides is 3. The van der Waals surface area contributed by atoms with E-state index in [0.717, 1.165) is 32.0 Å². The van der Waals surface area contributed by atoms with Gasteiger partial charge in [-0.2, -0.15) is 13.2 Å². The van der Waals surface area contributed by atoms with Gasteiger partial charge in [0, 0.05) is 12.6 Å². The van der Waals surface area contributed by atoms with Crippen molar-refractivity contribution in [2.45, 2.75) is 32.4 Å². The number of rotatable bonds is 3. The first-order chi connectivity index (χ1) is 10.2. The van der Waals surface area contributed by atoms with Crippen molar-refractivity contribution < 1.29 is 18.0 Å². The second-order valence-corrected chi connectivity index (χ2v) is 6.05. The first kappa shape index (κ1) is 16.8. The number of carbonyl (C=O) groups is 1. The molecule has 0 aliphatic carbocycles. The van der Waals surface area contributed by atoms with E-state index in [0.29, 0.717) is 17.9 Å². The van der Waals surface area contributed by atoms with Gasteiger partial charge in [-0.3, -0.25) is 4.79 Å². The van der Waals surface area contributed by atoms with Crippen molar-refractivity contribution in [1.29, 1.82) is 0 Å². The summed E-state index contributed by atoms with van der Waals surface area (Å²) in [5, 5.41) is 2.45. The largest absolute Gasteiger partial charge is 0.416 e. The number of likely N-dealkylation sites (tertiary alicyclic amines) is 1. The van der Waals surface area contributed by atoms with Crippen LogP contribution in [0.2, 0.25) is 0 Å². The molecule has 0 radical (unpaired) electrons. The van der Waals surface area contributed by atoms with Crippen LogP contribution in [0.3, 0.4) is 0 Å². The Hall–Kier alpha value is -1.56. The van der Waals surface area contributed by atoms with Gasteiger partial charge in [-0.25, -0.2) is 0 Å². The average molecular weight is 314 g/mol. The minimum Gasteiger partial charge on any atom is -0.326 e. The first-order valence-corrected chi connectivity index (χ1v) is 7.41. The lowest BCUT2D eigenvalue weighted by atomic mass is 9.89. The fraction of sp³-hybridized carbons (Fsp3) is 0.562. The molecule has 22 heavy (non-hydrogen) atoms. The maximum absolute atomic E-state index is 13.0. The van der Waals surface area contributed by atoms with Crippen LogP contribution >= 0.6 is 0 Å². The summed E-state index contributed by atoms with van der Waals surface area (Å²) >= 11 is 0. The summed E-state index contributed by atoms with van der Waals surface area (Å²) < 4.78 is 39.0. The van der Waals surface area contributed by atoms with E-state index < -0.39 is 11.7 Å². The van der Waals surface area contributed by atoms with Crippen LogP contribution in [0, 0.1) is 5.92 Å². The molecule has 1 fully saturated rings. The molecule has 1 aromatic rings. The number of anilines is 1. The molecule has 122 valence electrons. The Balaban J connectivity index is 2.20. The number of hydrogen-bond acceptors (Lipinski definition) is 2. The van der Waals surface area contributed by atoms with Gasteiger partial charge in [0.15, 0.2) is 0 Å². The molecule has 1 aliphatic rings. The number of piperidine rings is 1. The number of halogens is 3. The lowest BCUT2D eigenvalue weighted by Crippen LogP contribution is -2.31. The topological polar surface area (TPSA) is 32.3 Å². The number of nitrogens with one attached hydrogen (secondary N) is 1. The molecule has 1 aliphatic heterocycles. The van der Waals surface area contributed by atoms with Crippen molar-refractivity contribution >= 4 is 11.6 Å². The van der Waals surface area contributed by atoms with Crippen LogP contribution in [0.5, 0.6) is 0 Å². The fourth-order valence-corrected chi connectivity index (χ4v) is 2.85. The third kappa shape index (κ3) is 4.73. The predicted octanol–water partition coefficient (Wildman–Crippen LogP) is 3.55. The van der Waals surface area contributed by atoms with Crippen LogP contribution in [-0.2, 0) is 17.4 Å². The smallest absolute Gasteiger partial charge is 0.326 e. The maximum atomic E-state index is 13.0. The summed E-state index contributed by atoms with van der Waals surface area (Å²) in [5.41, 5.74) is 0.139. The molecule has 0 aromatic heterocycles. The Kier molecular flexibility index (Phi) is 5.11. The minimum absolute atomic E-state index is 0.213. The molecule has 1 amide bonds. The molecule has 1 heterocycles. The molecule has 0 spiro atoms. The van der Waals surface area contributed by atoms with E-state index in [-0.39, 0.29) is 11.6 Å². The summed E-state index contributed by atoms with van der Waals surface area (Å²) in [6, 6.07) is 3.83. The van der Waals surface area contributed by atoms with Gasteiger partial charge < -0.3 is 10.2 Å². The van der Waals surface area contributed by atoms with Crippen LogP contribution in [0.1, 0.15) is 30.9 Å². The normalized spacial score (nSPS) is 17.5. The van der Waals surface area contributed by atoms with Gasteiger partial charge in [0.2, 0.25) is 5.91 Å². The second-order valence-electron chi connectivity index (χ2n) is 6.05. The Morgan fingerprint density at radius 2 is 1.91 bits per heavy atom. The molecule has 1 saturated heterocycles. The third-order valence-electron chi connectivity index (χ3n) is 4.00. The second kappa shape index (κ2) is 6.69. The highest BCUT2D eigenvalue weighted by molar-refractivity contribution is 5.88. The van der Waals surface area contributed by atoms with Crippen molar-refractivity contribution in [2.24, 2.45) is 5.92 Å². The number of amides is 1. The fourth-order valence-electron chi connectivity index (χ4n) is 2.85. The van der Waals surface area contributed by atoms with Gasteiger partial charge in [0.25, 0.3) is 0 Å². The zero-order chi connectivity index (χ0) is 16.3. The molecular formula is C16H21F3N2O. The minimum atomic E-state index is -4.41. The van der Waals surface area contributed by atoms with E-state index in [1.54, 1.807) is 6.07 Å². The summed E-state index contributed by atoms with van der Waals surface area (Å²) in [7, 11) is 2.05. The van der Waals surface area contributed by atoms with Crippen molar-refractivity contribution in [3.63, 3.8) is 0 Å². The first-order valence-electron chi connectivity index (χ1n) is 7.41. The highest BCUT2D eigenvalue weighted by Gasteiger charge is 2.31. The molecular weight excluding hydrogens is 293 g/mol. The third-order valence-corrected chi connectivity index (χ3v) is 4.00. The number of carbonyl (C=O) groups excluding carboxylic acids is 1. The van der Waals surface area contributed by atoms with Crippen LogP contribution in [0.4, 0.5) is 18.9 Å². The molecule has 3 nitrogen and oxygen atoms in total. The van der Waals surface area contributed by atoms with Gasteiger partial charge >= 0.3 is 6.18 Å². The summed E-state index contributed by atoms with van der Waals surface area (Å²) in [5.74, 6) is 0.0226. The van der Waals surface area contributed by atoms with E-state index in [1.807, 2.05) is 0 Å². The zero-order valence-electron chi connectivity index (χ0n) is 12.8. The molecule has 6 heteroatoms. The summed E-state index contributed by atoms with van der Waals surface area (Å²) in [6.45, 7) is 3.24. The van der Waals surface area contributed by atoms with Crippen molar-refractivity contribution in [1.82, 2.24) is 4.90 Å². The quantitative estimate of drug-likeness (QED) is 0.925. The van der Waals surface area contributed by atoms with E-state index >= 15 is 0 Å². The van der Waals surface area contributed by atoms with Gasteiger partial charge in [-0.05, 0) is 69.1 Å². The van der Waals surface area contributed by atoms with E-state index in [4.69, 9.17) is 0 Å². The number of hydrogen-bond donors (Lipinski definition) is 1. The van der Waals surface area contributed by atoms with Gasteiger partial charge in [0.1, 0.15) is 0 Å². The lowest BCUT2D eigenvalue weighted by Gasteiger charge is -2.29. The highest BCUT2D eigenvalue weighted by atomic mass is 19.4. The molecule has 0 unspecified atom stereocenters. The monoisotopic (exact) mass is 314 g/mol. The predicted molar refractivity (Wildman–Crippen MR) is 79.7 cm³/mol. The lowest BCUT2D eigenvalue weighted by molar-refractivity contribution is -0.137. The van der Waals surface area contributed by atoms with Crippen molar-refractivity contribution in [2.75, 3.05) is 25.5 Å². The standard InChI is InChI=1S/C16H21F3N2O/c1-11(22)20-15-9-13(8-14(10-15)16(17,18)19)7-12-3-5-21(2)6-4-12/h8-10,12H,3-7H2,1-2H3,(H,20,22). The Bertz CT molecular complexity index is 535. The summed E-state index contributed by atoms with van der Waals surface area (Å²) in [6.07, 6.45) is -1.81. The Morgan fingerprint density at radius 1 is 1.27 bits per heavy atom. The van der Waals surface area contributed by atoms with Crippen LogP contribution in [-0.4, -0.2) is 30.9 Å². The van der Waals surface area contributed by atoms with Crippen LogP contribution in [0.15, 0.2) is 18.2 Å². The highest BCUT2D eigenvalue weighted by Crippen LogP contribution is 2.33. The Morgan fingerprint density at radius 3 is 2.45 bits per heavy atom. The maximum Gasteiger partial charge on any atom is 0.416 e. The van der Waals surface area contributed by atoms with Crippen LogP contribution < -0.4 is 5.32 Å². The number of nitrogens with zero attached hydrogens (tertiary/aromatic N) is 1. The van der Waals surface area contributed by atoms with Crippen molar-refractivity contribution in [3.8, 4) is 0 Å². The number of benzene rings is 1. The molecule has 0 atom stereocenters. The molecule has 1 N–H and O–H groups in total. The van der Waals surface area contributed by atoms with Crippen molar-refractivity contribution in [3.05, 3.63) is 29.3 Å². The molecule has 1 aromatic carbocycles. The van der Waals surface area contributed by atoms with Gasteiger partial charge in [-0.1, -0.05) is 0 Å². The van der Waals surface area contributed by atoms with E-state index in [9.17, 15) is 18.0 Å². The summed E-state index contributed by atoms with van der Waals surface area (Å²) in [4.78, 5) is 13.3. The molecule has 2 rings (SSSR count). The molecule has 0 saturated carbocycles. The molecule has 0 bridgehead atoms. The van der Waals surface area contributed by atoms with E-state index in [1.165, 1.54) is 13.0 Å². The zero-order valence-corrected chi connectivity index (χ0v) is 12.8. The average Bonchev–Trinajstić information content (AvgIpc) is 2.39. The SMILES string of the molecule is CC(=O)Nc1cc(CC2CCN(C)CC2)cc(C(F)(F)F)c1.